The molecule has 0 aliphatic carbocycles. The highest BCUT2D eigenvalue weighted by atomic mass is 32.1. The summed E-state index contributed by atoms with van der Waals surface area (Å²) in [5, 5.41) is 35.1. The molecule has 0 bridgehead atoms. The number of thiol groups is 1. The van der Waals surface area contributed by atoms with Crippen LogP contribution in [-0.2, 0) is 67.2 Å². The number of nitrogens with zero attached hydrogens (tertiary/aromatic N) is 1. The van der Waals surface area contributed by atoms with Crippen LogP contribution < -0.4 is 49.1 Å². The van der Waals surface area contributed by atoms with Crippen LogP contribution >= 0.6 is 12.6 Å². The number of aromatic hydroxyl groups is 1. The first kappa shape index (κ1) is 57.3. The second-order valence-corrected chi connectivity index (χ2v) is 17.7. The molecule has 0 spiro atoms. The van der Waals surface area contributed by atoms with Gasteiger partial charge in [0.2, 0.25) is 41.4 Å². The number of ether oxygens (including phenoxy) is 1. The van der Waals surface area contributed by atoms with Gasteiger partial charge < -0.3 is 69.0 Å². The van der Waals surface area contributed by atoms with Crippen LogP contribution in [0, 0.1) is 11.8 Å². The highest BCUT2D eigenvalue weighted by Gasteiger charge is 2.36. The minimum absolute atomic E-state index is 0.00967. The molecule has 8 amide bonds. The average Bonchev–Trinajstić information content (AvgIpc) is 3.83. The van der Waals surface area contributed by atoms with E-state index >= 15 is 0 Å². The number of nitrogens with two attached hydrogens (primary N) is 3. The molecule has 3 aromatic rings. The lowest BCUT2D eigenvalue weighted by atomic mass is 9.99. The quantitative estimate of drug-likeness (QED) is 0.0256. The van der Waals surface area contributed by atoms with Gasteiger partial charge in [-0.3, -0.25) is 38.4 Å². The van der Waals surface area contributed by atoms with E-state index in [9.17, 15) is 53.4 Å². The maximum atomic E-state index is 14.3. The second-order valence-electron chi connectivity index (χ2n) is 17.3. The van der Waals surface area contributed by atoms with Crippen molar-refractivity contribution in [3.05, 3.63) is 83.9 Å². The Bertz CT molecular complexity index is 2230. The van der Waals surface area contributed by atoms with E-state index in [4.69, 9.17) is 21.9 Å². The molecule has 70 heavy (non-hydrogen) atoms. The number of benzene rings is 2. The summed E-state index contributed by atoms with van der Waals surface area (Å²) in [4.78, 5) is 127. The predicted molar refractivity (Wildman–Crippen MR) is 257 cm³/mol. The van der Waals surface area contributed by atoms with E-state index in [0.29, 0.717) is 16.8 Å². The highest BCUT2D eigenvalue weighted by molar-refractivity contribution is 7.80. The van der Waals surface area contributed by atoms with Crippen molar-refractivity contribution in [1.82, 2.24) is 41.9 Å². The van der Waals surface area contributed by atoms with Gasteiger partial charge in [-0.1, -0.05) is 70.2 Å². The molecule has 0 saturated carbocycles. The zero-order valence-corrected chi connectivity index (χ0v) is 40.3. The van der Waals surface area contributed by atoms with E-state index in [2.05, 4.69) is 54.5 Å². The molecule has 0 aliphatic rings. The Hall–Kier alpha value is -7.05. The molecule has 1 unspecified atom stereocenters. The minimum Gasteiger partial charge on any atom is -0.508 e. The number of aliphatic hydroxyl groups excluding tert-OH is 1. The number of amides is 8. The van der Waals surface area contributed by atoms with Crippen molar-refractivity contribution in [3.8, 4) is 5.75 Å². The molecular formula is C46H65N11O12S. The molecule has 0 radical (unpaired) electrons. The fourth-order valence-electron chi connectivity index (χ4n) is 6.85. The number of hydrogen-bond donors (Lipinski definition) is 13. The summed E-state index contributed by atoms with van der Waals surface area (Å²) < 4.78 is 5.01. The highest BCUT2D eigenvalue weighted by Crippen LogP contribution is 2.14. The van der Waals surface area contributed by atoms with Gasteiger partial charge in [-0.05, 0) is 54.4 Å². The second kappa shape index (κ2) is 28.4. The number of H-pyrrole nitrogens is 1. The van der Waals surface area contributed by atoms with Gasteiger partial charge in [-0.15, -0.1) is 0 Å². The molecule has 3 rings (SSSR count). The lowest BCUT2D eigenvalue weighted by Gasteiger charge is -2.29. The number of carbonyl (C=O) groups excluding carboxylic acids is 9. The average molecular weight is 996 g/mol. The molecule has 23 nitrogen and oxygen atoms in total. The normalized spacial score (nSPS) is 14.6. The lowest BCUT2D eigenvalue weighted by molar-refractivity contribution is -0.157. The Kier molecular flexibility index (Phi) is 23.3. The summed E-state index contributed by atoms with van der Waals surface area (Å²) >= 11 is 3.93. The Morgan fingerprint density at radius 1 is 0.686 bits per heavy atom. The van der Waals surface area contributed by atoms with Gasteiger partial charge in [-0.2, -0.15) is 12.6 Å². The number of rotatable bonds is 29. The number of phenols is 1. The molecule has 0 saturated heterocycles. The number of hydrogen-bond acceptors (Lipinski definition) is 15. The Balaban J connectivity index is 1.87. The van der Waals surface area contributed by atoms with Gasteiger partial charge in [0.1, 0.15) is 36.0 Å². The van der Waals surface area contributed by atoms with E-state index < -0.39 is 114 Å². The largest absolute Gasteiger partial charge is 0.508 e. The Morgan fingerprint density at radius 2 is 1.23 bits per heavy atom. The summed E-state index contributed by atoms with van der Waals surface area (Å²) in [5.41, 5.74) is 18.4. The summed E-state index contributed by atoms with van der Waals surface area (Å²) in [6, 6.07) is 4.92. The van der Waals surface area contributed by atoms with Gasteiger partial charge in [0.05, 0.1) is 19.0 Å². The van der Waals surface area contributed by atoms with Crippen LogP contribution in [0.15, 0.2) is 67.1 Å². The van der Waals surface area contributed by atoms with E-state index in [1.54, 1.807) is 70.2 Å². The summed E-state index contributed by atoms with van der Waals surface area (Å²) in [5.74, 6) is -9.07. The van der Waals surface area contributed by atoms with E-state index in [-0.39, 0.29) is 55.9 Å². The molecule has 0 fully saturated rings. The van der Waals surface area contributed by atoms with Crippen LogP contribution in [0.1, 0.15) is 63.8 Å². The van der Waals surface area contributed by atoms with Gasteiger partial charge >= 0.3 is 5.97 Å². The van der Waals surface area contributed by atoms with E-state index in [1.807, 2.05) is 0 Å². The molecule has 24 heteroatoms. The first-order chi connectivity index (χ1) is 33.1. The van der Waals surface area contributed by atoms with Gasteiger partial charge in [0, 0.05) is 36.9 Å². The van der Waals surface area contributed by atoms with Crippen LogP contribution in [0.3, 0.4) is 0 Å². The molecular weight excluding hydrogens is 931 g/mol. The molecule has 382 valence electrons. The summed E-state index contributed by atoms with van der Waals surface area (Å²) in [6.45, 7) is 5.86. The lowest BCUT2D eigenvalue weighted by Crippen LogP contribution is -2.61. The maximum Gasteiger partial charge on any atom is 0.331 e. The van der Waals surface area contributed by atoms with Crippen molar-refractivity contribution in [1.29, 1.82) is 0 Å². The third-order valence-corrected chi connectivity index (χ3v) is 11.0. The number of aliphatic hydroxyl groups is 1. The molecule has 1 aromatic heterocycles. The van der Waals surface area contributed by atoms with Crippen molar-refractivity contribution >= 4 is 65.9 Å². The van der Waals surface area contributed by atoms with Crippen LogP contribution in [0.4, 0.5) is 0 Å². The first-order valence-corrected chi connectivity index (χ1v) is 23.1. The molecule has 15 N–H and O–H groups in total. The fraction of sp³-hybridized carbons (Fsp3) is 0.478. The standard InChI is InChI=1S/C46H65N11O12S/c1-24(2)16-32(42(64)56-35(21-58)46(68)69-36(22-70)39(49)61)53-43(65)33(18-26-8-6-5-7-9-26)55-45(67)38(25(3)4)57-44(66)34(19-28-20-50-23-51-28)54-41(63)31(14-15-37(48)60)52-40(62)30(47)17-27-10-12-29(59)13-11-27/h5-13,20,23-25,30-36,38,58-59,70H,14-19,21-22,47H2,1-4H3,(H2,48,60)(H2,49,61)(H,50,51)(H,52,62)(H,53,65)(H,54,63)(H,55,67)(H,56,64)(H,57,66)/t30-,31-,32-,33-,34-,35-,36?,38-/m0/s1. The van der Waals surface area contributed by atoms with Crippen LogP contribution in [0.2, 0.25) is 0 Å². The van der Waals surface area contributed by atoms with Gasteiger partial charge in [0.15, 0.2) is 12.1 Å². The van der Waals surface area contributed by atoms with Crippen LogP contribution in [0.5, 0.6) is 5.75 Å². The molecule has 8 atom stereocenters. The monoisotopic (exact) mass is 995 g/mol. The number of esters is 1. The number of aromatic nitrogens is 2. The maximum absolute atomic E-state index is 14.3. The predicted octanol–water partition coefficient (Wildman–Crippen LogP) is -2.33. The van der Waals surface area contributed by atoms with Crippen molar-refractivity contribution in [3.63, 3.8) is 0 Å². The first-order valence-electron chi connectivity index (χ1n) is 22.5. The van der Waals surface area contributed by atoms with Gasteiger partial charge in [0.25, 0.3) is 5.91 Å². The van der Waals surface area contributed by atoms with Crippen LogP contribution in [-0.4, -0.2) is 134 Å². The topological polar surface area (TPSA) is 382 Å². The number of imidazole rings is 1. The van der Waals surface area contributed by atoms with Gasteiger partial charge in [-0.25, -0.2) is 9.78 Å². The molecule has 1 heterocycles. The Labute approximate surface area is 410 Å². The zero-order chi connectivity index (χ0) is 52.1. The number of aromatic amines is 1. The van der Waals surface area contributed by atoms with Crippen LogP contribution in [0.25, 0.3) is 0 Å². The Morgan fingerprint density at radius 3 is 1.79 bits per heavy atom. The number of phenolic OH excluding ortho intramolecular Hbond substituents is 1. The SMILES string of the molecule is CC(C)C[C@H](NC(=O)[C@H](Cc1ccccc1)NC(=O)[C@@H](NC(=O)[C@H](Cc1cnc[nH]1)NC(=O)[C@H](CCC(N)=O)NC(=O)[C@@H](N)Cc1ccc(O)cc1)C(C)C)C(=O)N[C@@H](CO)C(=O)OC(CS)C(N)=O. The number of primary amides is 2. The van der Waals surface area contributed by atoms with Crippen molar-refractivity contribution in [2.24, 2.45) is 29.0 Å². The van der Waals surface area contributed by atoms with E-state index in [0.717, 1.165) is 0 Å². The summed E-state index contributed by atoms with van der Waals surface area (Å²) in [7, 11) is 0. The van der Waals surface area contributed by atoms with E-state index in [1.165, 1.54) is 24.7 Å². The van der Waals surface area contributed by atoms with Crippen molar-refractivity contribution in [2.75, 3.05) is 12.4 Å². The van der Waals surface area contributed by atoms with Crippen molar-refractivity contribution in [2.45, 2.75) is 115 Å². The minimum atomic E-state index is -1.65. The summed E-state index contributed by atoms with van der Waals surface area (Å²) in [6.07, 6.45) is 0.505. The smallest absolute Gasteiger partial charge is 0.331 e. The third-order valence-electron chi connectivity index (χ3n) is 10.7. The molecule has 2 aromatic carbocycles. The van der Waals surface area contributed by atoms with Crippen molar-refractivity contribution < 1.29 is 58.1 Å². The fourth-order valence-corrected chi connectivity index (χ4v) is 7.11. The third kappa shape index (κ3) is 19.2. The zero-order valence-electron chi connectivity index (χ0n) is 39.4. The number of carbonyl (C=O) groups is 9. The molecule has 0 aliphatic heterocycles. The number of nitrogens with one attached hydrogen (secondary N) is 7.